The number of hydrogen-bond acceptors (Lipinski definition) is 5. The second kappa shape index (κ2) is 9.43. The molecule has 0 saturated carbocycles. The molecular formula is C26H23F4N3O4S. The summed E-state index contributed by atoms with van der Waals surface area (Å²) in [5.74, 6) is -0.759. The molecule has 0 atom stereocenters. The molecule has 0 fully saturated rings. The maximum atomic E-state index is 14.4. The fourth-order valence-corrected chi connectivity index (χ4v) is 5.78. The van der Waals surface area contributed by atoms with Gasteiger partial charge in [-0.2, -0.15) is 12.7 Å². The van der Waals surface area contributed by atoms with Crippen LogP contribution in [0.3, 0.4) is 0 Å². The van der Waals surface area contributed by atoms with E-state index in [1.54, 1.807) is 12.1 Å². The second-order valence-electron chi connectivity index (χ2n) is 9.43. The predicted octanol–water partition coefficient (Wildman–Crippen LogP) is 6.65. The van der Waals surface area contributed by atoms with Crippen molar-refractivity contribution in [2.45, 2.75) is 44.6 Å². The van der Waals surface area contributed by atoms with Crippen molar-refractivity contribution in [1.29, 1.82) is 0 Å². The minimum Gasteiger partial charge on any atom is -0.443 e. The SMILES string of the molecule is Cc1c(S(=O)(=O)N(c2ccc(-c3ccncc3)cc2)C(F)(F)F)n(C(=O)OC(C)(C)C)c2ccc(F)cc12. The Morgan fingerprint density at radius 1 is 0.947 bits per heavy atom. The normalized spacial score (nSPS) is 12.5. The van der Waals surface area contributed by atoms with Crippen molar-refractivity contribution in [1.82, 2.24) is 9.55 Å². The molecule has 38 heavy (non-hydrogen) atoms. The summed E-state index contributed by atoms with van der Waals surface area (Å²) in [6.45, 7) is 5.76. The highest BCUT2D eigenvalue weighted by atomic mass is 32.2. The number of nitrogens with zero attached hydrogens (tertiary/aromatic N) is 3. The predicted molar refractivity (Wildman–Crippen MR) is 134 cm³/mol. The van der Waals surface area contributed by atoms with Gasteiger partial charge in [-0.05, 0) is 86.8 Å². The zero-order valence-corrected chi connectivity index (χ0v) is 21.6. The van der Waals surface area contributed by atoms with Crippen molar-refractivity contribution in [2.24, 2.45) is 0 Å². The molecule has 0 spiro atoms. The molecule has 4 aromatic rings. The molecule has 0 aliphatic rings. The lowest BCUT2D eigenvalue weighted by Gasteiger charge is -2.28. The van der Waals surface area contributed by atoms with Gasteiger partial charge in [-0.15, -0.1) is 13.2 Å². The van der Waals surface area contributed by atoms with Crippen LogP contribution >= 0.6 is 0 Å². The number of anilines is 1. The molecule has 0 saturated heterocycles. The summed E-state index contributed by atoms with van der Waals surface area (Å²) < 4.78 is 90.0. The fraction of sp³-hybridized carbons (Fsp3) is 0.231. The Morgan fingerprint density at radius 2 is 1.53 bits per heavy atom. The Hall–Kier alpha value is -3.93. The zero-order chi connectivity index (χ0) is 28.0. The monoisotopic (exact) mass is 549 g/mol. The number of pyridine rings is 1. The van der Waals surface area contributed by atoms with Gasteiger partial charge in [0.1, 0.15) is 11.4 Å². The average Bonchev–Trinajstić information content (AvgIpc) is 3.11. The van der Waals surface area contributed by atoms with E-state index < -0.39 is 48.9 Å². The molecule has 2 aromatic heterocycles. The molecule has 200 valence electrons. The Bertz CT molecular complexity index is 1610. The zero-order valence-electron chi connectivity index (χ0n) is 20.7. The van der Waals surface area contributed by atoms with Gasteiger partial charge in [0.15, 0.2) is 5.03 Å². The van der Waals surface area contributed by atoms with Gasteiger partial charge in [-0.25, -0.2) is 13.8 Å². The van der Waals surface area contributed by atoms with Crippen molar-refractivity contribution in [3.63, 3.8) is 0 Å². The van der Waals surface area contributed by atoms with Crippen LogP contribution in [-0.4, -0.2) is 36.0 Å². The van der Waals surface area contributed by atoms with Gasteiger partial charge in [-0.1, -0.05) is 12.1 Å². The van der Waals surface area contributed by atoms with E-state index in [-0.39, 0.29) is 16.5 Å². The lowest BCUT2D eigenvalue weighted by Crippen LogP contribution is -2.44. The Morgan fingerprint density at radius 3 is 2.08 bits per heavy atom. The number of carbonyl (C=O) groups excluding carboxylic acids is 1. The number of alkyl halides is 3. The molecule has 2 aromatic carbocycles. The average molecular weight is 550 g/mol. The van der Waals surface area contributed by atoms with Crippen LogP contribution in [0, 0.1) is 12.7 Å². The van der Waals surface area contributed by atoms with Crippen LogP contribution in [0.2, 0.25) is 0 Å². The van der Waals surface area contributed by atoms with Gasteiger partial charge in [0.25, 0.3) is 10.0 Å². The highest BCUT2D eigenvalue weighted by Gasteiger charge is 2.49. The smallest absolute Gasteiger partial charge is 0.443 e. The number of benzene rings is 2. The number of sulfonamides is 1. The fourth-order valence-electron chi connectivity index (χ4n) is 4.04. The molecule has 0 N–H and O–H groups in total. The summed E-state index contributed by atoms with van der Waals surface area (Å²) in [5, 5.41) is -1.03. The molecule has 0 amide bonds. The number of aryl methyl sites for hydroxylation is 1. The molecule has 0 aliphatic heterocycles. The Kier molecular flexibility index (Phi) is 6.73. The van der Waals surface area contributed by atoms with Gasteiger partial charge in [0.2, 0.25) is 0 Å². The third-order valence-electron chi connectivity index (χ3n) is 5.53. The highest BCUT2D eigenvalue weighted by Crippen LogP contribution is 2.39. The number of fused-ring (bicyclic) bond motifs is 1. The first-order valence-corrected chi connectivity index (χ1v) is 12.7. The number of aromatic nitrogens is 2. The largest absolute Gasteiger partial charge is 0.498 e. The minimum atomic E-state index is -5.49. The van der Waals surface area contributed by atoms with Crippen molar-refractivity contribution in [3.05, 3.63) is 78.4 Å². The van der Waals surface area contributed by atoms with Crippen LogP contribution in [0.4, 0.5) is 28.0 Å². The van der Waals surface area contributed by atoms with Crippen LogP contribution in [0.15, 0.2) is 72.0 Å². The number of rotatable bonds is 4. The van der Waals surface area contributed by atoms with Gasteiger partial charge < -0.3 is 4.74 Å². The molecule has 2 heterocycles. The highest BCUT2D eigenvalue weighted by molar-refractivity contribution is 7.92. The van der Waals surface area contributed by atoms with Crippen LogP contribution in [-0.2, 0) is 14.8 Å². The maximum absolute atomic E-state index is 14.4. The third-order valence-corrected chi connectivity index (χ3v) is 7.41. The van der Waals surface area contributed by atoms with Crippen LogP contribution in [0.5, 0.6) is 0 Å². The van der Waals surface area contributed by atoms with Crippen LogP contribution in [0.25, 0.3) is 22.0 Å². The summed E-state index contributed by atoms with van der Waals surface area (Å²) in [5.41, 5.74) is -0.974. The quantitative estimate of drug-likeness (QED) is 0.210. The first-order valence-electron chi connectivity index (χ1n) is 11.3. The summed E-state index contributed by atoms with van der Waals surface area (Å²) in [4.78, 5) is 17.0. The number of carbonyl (C=O) groups is 1. The Labute approximate surface area is 216 Å². The summed E-state index contributed by atoms with van der Waals surface area (Å²) >= 11 is 0. The van der Waals surface area contributed by atoms with Gasteiger partial charge in [-0.3, -0.25) is 4.98 Å². The van der Waals surface area contributed by atoms with Crippen molar-refractivity contribution in [3.8, 4) is 11.1 Å². The van der Waals surface area contributed by atoms with Crippen molar-refractivity contribution in [2.75, 3.05) is 4.31 Å². The number of hydrogen-bond donors (Lipinski definition) is 0. The van der Waals surface area contributed by atoms with E-state index in [9.17, 15) is 30.8 Å². The maximum Gasteiger partial charge on any atom is 0.498 e. The molecule has 0 unspecified atom stereocenters. The van der Waals surface area contributed by atoms with E-state index in [4.69, 9.17) is 4.74 Å². The summed E-state index contributed by atoms with van der Waals surface area (Å²) in [6.07, 6.45) is -3.62. The van der Waals surface area contributed by atoms with Gasteiger partial charge in [0.05, 0.1) is 11.2 Å². The molecule has 0 radical (unpaired) electrons. The third kappa shape index (κ3) is 5.08. The topological polar surface area (TPSA) is 81.5 Å². The summed E-state index contributed by atoms with van der Waals surface area (Å²) in [7, 11) is -5.49. The minimum absolute atomic E-state index is 0.0513. The molecule has 0 bridgehead atoms. The molecule has 7 nitrogen and oxygen atoms in total. The number of halogens is 4. The summed E-state index contributed by atoms with van der Waals surface area (Å²) in [6, 6.07) is 11.0. The van der Waals surface area contributed by atoms with E-state index in [2.05, 4.69) is 4.98 Å². The van der Waals surface area contributed by atoms with E-state index in [1.807, 2.05) is 0 Å². The van der Waals surface area contributed by atoms with Gasteiger partial charge >= 0.3 is 12.4 Å². The molecule has 12 heteroatoms. The van der Waals surface area contributed by atoms with E-state index in [0.717, 1.165) is 30.3 Å². The first-order chi connectivity index (χ1) is 17.6. The van der Waals surface area contributed by atoms with E-state index in [0.29, 0.717) is 15.7 Å². The molecule has 4 rings (SSSR count). The van der Waals surface area contributed by atoms with Crippen molar-refractivity contribution < 1.29 is 35.5 Å². The molecule has 0 aliphatic carbocycles. The lowest BCUT2D eigenvalue weighted by molar-refractivity contribution is -0.115. The van der Waals surface area contributed by atoms with E-state index in [1.165, 1.54) is 52.2 Å². The number of ether oxygens (including phenoxy) is 1. The van der Waals surface area contributed by atoms with Crippen molar-refractivity contribution >= 4 is 32.7 Å². The Balaban J connectivity index is 1.94. The lowest BCUT2D eigenvalue weighted by atomic mass is 10.1. The standard InChI is InChI=1S/C26H23F4N3O4S/c1-16-21-15-19(27)7-10-22(21)32(24(34)37-25(2,3)4)23(16)38(35,36)33(26(28,29)30)20-8-5-17(6-9-20)18-11-13-31-14-12-18/h5-15H,1-4H3. The first kappa shape index (κ1) is 27.1. The van der Waals surface area contributed by atoms with Crippen LogP contribution in [0.1, 0.15) is 26.3 Å². The second-order valence-corrected chi connectivity index (χ2v) is 11.1. The van der Waals surface area contributed by atoms with E-state index >= 15 is 0 Å². The molecular weight excluding hydrogens is 526 g/mol. The van der Waals surface area contributed by atoms with Gasteiger partial charge in [0, 0.05) is 17.8 Å². The van der Waals surface area contributed by atoms with Crippen LogP contribution < -0.4 is 4.31 Å².